The van der Waals surface area contributed by atoms with Crippen LogP contribution in [0.3, 0.4) is 0 Å². The number of carbonyl (C=O) groups is 1. The van der Waals surface area contributed by atoms with Gasteiger partial charge in [-0.05, 0) is 12.1 Å². The maximum atomic E-state index is 11.3. The summed E-state index contributed by atoms with van der Waals surface area (Å²) < 4.78 is 33.5. The summed E-state index contributed by atoms with van der Waals surface area (Å²) in [6.45, 7) is -0.942. The first kappa shape index (κ1) is 24.6. The van der Waals surface area contributed by atoms with Gasteiger partial charge in [0.15, 0.2) is 23.0 Å². The molecule has 190 valence electrons. The molecule has 1 fully saturated rings. The molecule has 6 N–H and O–H groups in total. The van der Waals surface area contributed by atoms with Crippen molar-refractivity contribution >= 4 is 5.97 Å². The van der Waals surface area contributed by atoms with E-state index in [0.29, 0.717) is 0 Å². The molecule has 0 aliphatic carbocycles. The summed E-state index contributed by atoms with van der Waals surface area (Å²) in [4.78, 5) is 11.3. The standard InChI is InChI=1S/C22H24O13/c1-30-10-5-12-20(35-18-9(24)3-8(22(28)29)4-11(18)33-12)21(31-2)19(10)32-7-14-16(26)17(27)15(25)13(6-23)34-14/h3-5,13-17,23-27H,6-7H2,1-2H3,(H,28,29). The highest BCUT2D eigenvalue weighted by atomic mass is 16.6. The Labute approximate surface area is 198 Å². The Morgan fingerprint density at radius 3 is 2.23 bits per heavy atom. The Bertz CT molecular complexity index is 1120. The molecule has 0 amide bonds. The summed E-state index contributed by atoms with van der Waals surface area (Å²) in [5.74, 6) is -1.79. The first-order valence-corrected chi connectivity index (χ1v) is 10.4. The molecular weight excluding hydrogens is 472 g/mol. The number of carboxylic acid groups (broad SMARTS) is 1. The van der Waals surface area contributed by atoms with Gasteiger partial charge in [-0.25, -0.2) is 4.79 Å². The van der Waals surface area contributed by atoms with Crippen LogP contribution in [0.5, 0.6) is 46.0 Å². The van der Waals surface area contributed by atoms with E-state index < -0.39 is 48.8 Å². The van der Waals surface area contributed by atoms with Gasteiger partial charge in [-0.3, -0.25) is 0 Å². The molecule has 35 heavy (non-hydrogen) atoms. The highest BCUT2D eigenvalue weighted by Crippen LogP contribution is 2.58. The number of rotatable bonds is 7. The predicted octanol–water partition coefficient (Wildman–Crippen LogP) is 0.227. The van der Waals surface area contributed by atoms with Crippen molar-refractivity contribution in [2.24, 2.45) is 0 Å². The number of aromatic carboxylic acids is 1. The molecule has 2 aromatic rings. The van der Waals surface area contributed by atoms with E-state index in [0.717, 1.165) is 6.07 Å². The number of ether oxygens (including phenoxy) is 6. The number of phenolic OH excluding ortho intramolecular Hbond substituents is 1. The van der Waals surface area contributed by atoms with E-state index in [-0.39, 0.29) is 52.4 Å². The van der Waals surface area contributed by atoms with Gasteiger partial charge in [0.1, 0.15) is 37.1 Å². The lowest BCUT2D eigenvalue weighted by atomic mass is 9.95. The molecule has 2 aliphatic rings. The first-order chi connectivity index (χ1) is 16.7. The second-order valence-corrected chi connectivity index (χ2v) is 7.78. The number of aromatic hydroxyl groups is 1. The maximum absolute atomic E-state index is 11.3. The van der Waals surface area contributed by atoms with Gasteiger partial charge in [-0.2, -0.15) is 0 Å². The number of hydrogen-bond acceptors (Lipinski definition) is 12. The Morgan fingerprint density at radius 2 is 1.60 bits per heavy atom. The molecule has 0 aromatic heterocycles. The third-order valence-corrected chi connectivity index (χ3v) is 5.64. The van der Waals surface area contributed by atoms with Crippen LogP contribution in [0, 0.1) is 0 Å². The minimum atomic E-state index is -1.58. The van der Waals surface area contributed by atoms with Crippen molar-refractivity contribution < 1.29 is 63.9 Å². The fraction of sp³-hybridized carbons (Fsp3) is 0.409. The van der Waals surface area contributed by atoms with Gasteiger partial charge in [0.2, 0.25) is 23.0 Å². The lowest BCUT2D eigenvalue weighted by Crippen LogP contribution is -2.59. The smallest absolute Gasteiger partial charge is 0.335 e. The maximum Gasteiger partial charge on any atom is 0.335 e. The number of phenols is 1. The lowest BCUT2D eigenvalue weighted by molar-refractivity contribution is -0.234. The number of hydrogen-bond donors (Lipinski definition) is 6. The van der Waals surface area contributed by atoms with E-state index in [1.54, 1.807) is 0 Å². The van der Waals surface area contributed by atoms with Gasteiger partial charge in [-0.15, -0.1) is 0 Å². The summed E-state index contributed by atoms with van der Waals surface area (Å²) in [5, 5.41) is 59.1. The van der Waals surface area contributed by atoms with Gasteiger partial charge in [0.05, 0.1) is 26.4 Å². The van der Waals surface area contributed by atoms with Crippen LogP contribution in [0.25, 0.3) is 0 Å². The lowest BCUT2D eigenvalue weighted by Gasteiger charge is -2.39. The largest absolute Gasteiger partial charge is 0.504 e. The molecule has 1 saturated heterocycles. The summed E-state index contributed by atoms with van der Waals surface area (Å²) >= 11 is 0. The fourth-order valence-corrected chi connectivity index (χ4v) is 3.81. The average Bonchev–Trinajstić information content (AvgIpc) is 2.85. The molecule has 0 bridgehead atoms. The summed E-state index contributed by atoms with van der Waals surface area (Å²) in [6, 6.07) is 3.57. The monoisotopic (exact) mass is 496 g/mol. The minimum Gasteiger partial charge on any atom is -0.504 e. The molecule has 4 rings (SSSR count). The normalized spacial score (nSPS) is 24.9. The molecule has 2 aromatic carbocycles. The van der Waals surface area contributed by atoms with Crippen molar-refractivity contribution in [2.45, 2.75) is 30.5 Å². The average molecular weight is 496 g/mol. The predicted molar refractivity (Wildman–Crippen MR) is 114 cm³/mol. The quantitative estimate of drug-likeness (QED) is 0.260. The van der Waals surface area contributed by atoms with E-state index in [1.807, 2.05) is 0 Å². The van der Waals surface area contributed by atoms with Crippen molar-refractivity contribution in [3.63, 3.8) is 0 Å². The zero-order valence-corrected chi connectivity index (χ0v) is 18.6. The van der Waals surface area contributed by atoms with Crippen LogP contribution >= 0.6 is 0 Å². The SMILES string of the molecule is COc1cc2c(c(OC)c1OCC1OC(CO)C(O)C(O)C1O)Oc1c(O)cc(C(=O)O)cc1O2. The number of aliphatic hydroxyl groups is 4. The number of carboxylic acids is 1. The van der Waals surface area contributed by atoms with Gasteiger partial charge < -0.3 is 59.1 Å². The number of fused-ring (bicyclic) bond motifs is 2. The van der Waals surface area contributed by atoms with Gasteiger partial charge >= 0.3 is 5.97 Å². The summed E-state index contributed by atoms with van der Waals surface area (Å²) in [7, 11) is 2.65. The molecule has 5 atom stereocenters. The summed E-state index contributed by atoms with van der Waals surface area (Å²) in [5.41, 5.74) is -0.216. The van der Waals surface area contributed by atoms with Crippen molar-refractivity contribution in [1.29, 1.82) is 0 Å². The van der Waals surface area contributed by atoms with Crippen LogP contribution in [0.4, 0.5) is 0 Å². The number of aliphatic hydroxyl groups excluding tert-OH is 4. The fourth-order valence-electron chi connectivity index (χ4n) is 3.81. The van der Waals surface area contributed by atoms with Crippen LogP contribution in [0.1, 0.15) is 10.4 Å². The Kier molecular flexibility index (Phi) is 6.78. The Morgan fingerprint density at radius 1 is 0.914 bits per heavy atom. The van der Waals surface area contributed by atoms with E-state index in [9.17, 15) is 35.4 Å². The molecule has 5 unspecified atom stereocenters. The van der Waals surface area contributed by atoms with Crippen LogP contribution in [0.2, 0.25) is 0 Å². The molecule has 2 aliphatic heterocycles. The van der Waals surface area contributed by atoms with Gasteiger partial charge in [0, 0.05) is 6.07 Å². The molecule has 2 heterocycles. The second kappa shape index (κ2) is 9.64. The first-order valence-electron chi connectivity index (χ1n) is 10.4. The molecule has 0 radical (unpaired) electrons. The molecular formula is C22H24O13. The van der Waals surface area contributed by atoms with Crippen LogP contribution < -0.4 is 23.7 Å². The Hall–Kier alpha value is -3.49. The van der Waals surface area contributed by atoms with Crippen molar-refractivity contribution in [1.82, 2.24) is 0 Å². The van der Waals surface area contributed by atoms with E-state index >= 15 is 0 Å². The van der Waals surface area contributed by atoms with Gasteiger partial charge in [-0.1, -0.05) is 0 Å². The highest BCUT2D eigenvalue weighted by molar-refractivity contribution is 5.89. The van der Waals surface area contributed by atoms with E-state index in [1.165, 1.54) is 26.4 Å². The zero-order chi connectivity index (χ0) is 25.4. The zero-order valence-electron chi connectivity index (χ0n) is 18.6. The van der Waals surface area contributed by atoms with E-state index in [4.69, 9.17) is 28.4 Å². The second-order valence-electron chi connectivity index (χ2n) is 7.78. The van der Waals surface area contributed by atoms with Crippen LogP contribution in [-0.4, -0.2) is 94.6 Å². The Balaban J connectivity index is 1.66. The van der Waals surface area contributed by atoms with Gasteiger partial charge in [0.25, 0.3) is 0 Å². The topological polar surface area (TPSA) is 194 Å². The molecule has 13 heteroatoms. The summed E-state index contributed by atoms with van der Waals surface area (Å²) in [6.07, 6.45) is -6.85. The third-order valence-electron chi connectivity index (χ3n) is 5.64. The molecule has 13 nitrogen and oxygen atoms in total. The molecule has 0 saturated carbocycles. The van der Waals surface area contributed by atoms with Crippen molar-refractivity contribution in [3.8, 4) is 46.0 Å². The van der Waals surface area contributed by atoms with Crippen LogP contribution in [0.15, 0.2) is 18.2 Å². The van der Waals surface area contributed by atoms with Crippen LogP contribution in [-0.2, 0) is 4.74 Å². The number of methoxy groups -OCH3 is 2. The van der Waals surface area contributed by atoms with E-state index in [2.05, 4.69) is 0 Å². The highest BCUT2D eigenvalue weighted by Gasteiger charge is 2.44. The van der Waals surface area contributed by atoms with Crippen molar-refractivity contribution in [2.75, 3.05) is 27.4 Å². The van der Waals surface area contributed by atoms with Crippen molar-refractivity contribution in [3.05, 3.63) is 23.8 Å². The third kappa shape index (κ3) is 4.35. The molecule has 0 spiro atoms. The number of benzene rings is 2. The minimum absolute atomic E-state index is 0.000550.